The zero-order valence-electron chi connectivity index (χ0n) is 7.08. The van der Waals surface area contributed by atoms with Crippen molar-refractivity contribution in [2.24, 2.45) is 0 Å². The lowest BCUT2D eigenvalue weighted by molar-refractivity contribution is 0.992. The Morgan fingerprint density at radius 1 is 1.07 bits per heavy atom. The summed E-state index contributed by atoms with van der Waals surface area (Å²) in [6, 6.07) is 8.23. The summed E-state index contributed by atoms with van der Waals surface area (Å²) in [5.74, 6) is 0. The molecule has 1 heterocycles. The molecule has 14 heavy (non-hydrogen) atoms. The lowest BCUT2D eigenvalue weighted by Crippen LogP contribution is -1.86. The van der Waals surface area contributed by atoms with Gasteiger partial charge in [0.1, 0.15) is 5.01 Å². The molecule has 72 valence electrons. The van der Waals surface area contributed by atoms with Gasteiger partial charge in [0.15, 0.2) is 3.92 Å². The first-order valence-electron chi connectivity index (χ1n) is 3.96. The van der Waals surface area contributed by atoms with E-state index >= 15 is 0 Å². The second-order valence-electron chi connectivity index (χ2n) is 2.75. The van der Waals surface area contributed by atoms with Gasteiger partial charge in [-0.2, -0.15) is 0 Å². The summed E-state index contributed by atoms with van der Waals surface area (Å²) in [4.78, 5) is 0. The van der Waals surface area contributed by atoms with Crippen molar-refractivity contribution in [3.63, 3.8) is 0 Å². The molecular weight excluding hydrogens is 328 g/mol. The molecule has 0 radical (unpaired) electrons. The van der Waals surface area contributed by atoms with Crippen LogP contribution >= 0.6 is 43.2 Å². The van der Waals surface area contributed by atoms with Crippen LogP contribution in [0.3, 0.4) is 0 Å². The van der Waals surface area contributed by atoms with Crippen LogP contribution in [0.25, 0.3) is 0 Å². The largest absolute Gasteiger partial charge is 0.183 e. The number of benzene rings is 1. The third-order valence-corrected chi connectivity index (χ3v) is 3.60. The summed E-state index contributed by atoms with van der Waals surface area (Å²) >= 11 is 8.27. The molecule has 2 aromatic rings. The lowest BCUT2D eigenvalue weighted by atomic mass is 10.2. The van der Waals surface area contributed by atoms with Crippen molar-refractivity contribution in [1.82, 2.24) is 10.2 Å². The lowest BCUT2D eigenvalue weighted by Gasteiger charge is -1.96. The molecule has 0 bridgehead atoms. The molecule has 0 N–H and O–H groups in total. The molecule has 0 saturated carbocycles. The van der Waals surface area contributed by atoms with Crippen LogP contribution in [0.2, 0.25) is 0 Å². The first-order chi connectivity index (χ1) is 6.74. The minimum absolute atomic E-state index is 0.838. The smallest absolute Gasteiger partial charge is 0.142 e. The van der Waals surface area contributed by atoms with Gasteiger partial charge in [0, 0.05) is 10.9 Å². The maximum Gasteiger partial charge on any atom is 0.183 e. The van der Waals surface area contributed by atoms with Crippen molar-refractivity contribution in [3.05, 3.63) is 43.2 Å². The molecule has 5 heteroatoms. The van der Waals surface area contributed by atoms with Crippen molar-refractivity contribution in [2.45, 2.75) is 6.42 Å². The monoisotopic (exact) mass is 332 g/mol. The van der Waals surface area contributed by atoms with E-state index < -0.39 is 0 Å². The molecule has 2 nitrogen and oxygen atoms in total. The topological polar surface area (TPSA) is 25.8 Å². The van der Waals surface area contributed by atoms with E-state index in [0.717, 1.165) is 19.8 Å². The summed E-state index contributed by atoms with van der Waals surface area (Å²) < 4.78 is 1.93. The van der Waals surface area contributed by atoms with E-state index in [1.54, 1.807) is 11.3 Å². The highest BCUT2D eigenvalue weighted by Crippen LogP contribution is 2.19. The fourth-order valence-corrected chi connectivity index (χ4v) is 2.58. The van der Waals surface area contributed by atoms with Crippen LogP contribution in [-0.4, -0.2) is 10.2 Å². The highest BCUT2D eigenvalue weighted by molar-refractivity contribution is 9.11. The third kappa shape index (κ3) is 2.62. The van der Waals surface area contributed by atoms with Gasteiger partial charge in [-0.3, -0.25) is 0 Å². The Bertz CT molecular complexity index is 425. The van der Waals surface area contributed by atoms with Crippen LogP contribution in [-0.2, 0) is 6.42 Å². The van der Waals surface area contributed by atoms with Gasteiger partial charge < -0.3 is 0 Å². The van der Waals surface area contributed by atoms with Gasteiger partial charge >= 0.3 is 0 Å². The molecule has 0 unspecified atom stereocenters. The third-order valence-electron chi connectivity index (χ3n) is 1.71. The van der Waals surface area contributed by atoms with E-state index in [0.29, 0.717) is 0 Å². The van der Waals surface area contributed by atoms with Gasteiger partial charge in [-0.05, 0) is 33.6 Å². The van der Waals surface area contributed by atoms with Crippen LogP contribution in [0.5, 0.6) is 0 Å². The molecule has 1 aromatic carbocycles. The zero-order chi connectivity index (χ0) is 9.97. The van der Waals surface area contributed by atoms with Gasteiger partial charge in [-0.25, -0.2) is 0 Å². The van der Waals surface area contributed by atoms with Crippen LogP contribution < -0.4 is 0 Å². The molecule has 0 amide bonds. The van der Waals surface area contributed by atoms with E-state index in [-0.39, 0.29) is 0 Å². The number of hydrogen-bond acceptors (Lipinski definition) is 3. The molecule has 0 fully saturated rings. The predicted octanol–water partition coefficient (Wildman–Crippen LogP) is 3.65. The van der Waals surface area contributed by atoms with Gasteiger partial charge in [0.05, 0.1) is 0 Å². The van der Waals surface area contributed by atoms with Crippen LogP contribution in [0, 0.1) is 0 Å². The fraction of sp³-hybridized carbons (Fsp3) is 0.111. The van der Waals surface area contributed by atoms with E-state index in [1.807, 2.05) is 12.1 Å². The van der Waals surface area contributed by atoms with Gasteiger partial charge in [0.25, 0.3) is 0 Å². The molecule has 0 aliphatic heterocycles. The maximum atomic E-state index is 4.04. The van der Waals surface area contributed by atoms with Crippen molar-refractivity contribution in [3.8, 4) is 0 Å². The number of halogens is 2. The van der Waals surface area contributed by atoms with E-state index in [1.165, 1.54) is 5.56 Å². The number of rotatable bonds is 2. The summed E-state index contributed by atoms with van der Waals surface area (Å²) in [6.07, 6.45) is 0.844. The Labute approximate surface area is 103 Å². The summed E-state index contributed by atoms with van der Waals surface area (Å²) in [6.45, 7) is 0. The molecule has 0 spiro atoms. The van der Waals surface area contributed by atoms with Crippen LogP contribution in [0.15, 0.2) is 32.7 Å². The van der Waals surface area contributed by atoms with Crippen LogP contribution in [0.1, 0.15) is 10.6 Å². The summed E-state index contributed by atoms with van der Waals surface area (Å²) in [5.41, 5.74) is 1.25. The SMILES string of the molecule is Brc1ccc(Cc2nnc(Br)s2)cc1. The molecule has 2 rings (SSSR count). The Balaban J connectivity index is 2.15. The number of hydrogen-bond donors (Lipinski definition) is 0. The van der Waals surface area contributed by atoms with E-state index in [2.05, 4.69) is 54.2 Å². The second-order valence-corrected chi connectivity index (χ2v) is 6.01. The standard InChI is InChI=1S/C9H6Br2N2S/c10-7-3-1-6(2-4-7)5-8-12-13-9(11)14-8/h1-4H,5H2. The van der Waals surface area contributed by atoms with Crippen molar-refractivity contribution < 1.29 is 0 Å². The Kier molecular flexibility index (Phi) is 3.30. The van der Waals surface area contributed by atoms with Gasteiger partial charge in [-0.15, -0.1) is 10.2 Å². The average Bonchev–Trinajstić information content (AvgIpc) is 2.56. The molecule has 0 atom stereocenters. The van der Waals surface area contributed by atoms with Crippen LogP contribution in [0.4, 0.5) is 0 Å². The average molecular weight is 334 g/mol. The minimum atomic E-state index is 0.838. The van der Waals surface area contributed by atoms with Crippen molar-refractivity contribution >= 4 is 43.2 Å². The van der Waals surface area contributed by atoms with Crippen molar-refractivity contribution in [2.75, 3.05) is 0 Å². The number of aromatic nitrogens is 2. The van der Waals surface area contributed by atoms with Gasteiger partial charge in [0.2, 0.25) is 0 Å². The summed E-state index contributed by atoms with van der Waals surface area (Å²) in [7, 11) is 0. The molecule has 1 aromatic heterocycles. The second kappa shape index (κ2) is 4.51. The quantitative estimate of drug-likeness (QED) is 0.838. The summed E-state index contributed by atoms with van der Waals surface area (Å²) in [5, 5.41) is 8.98. The molecular formula is C9H6Br2N2S. The highest BCUT2D eigenvalue weighted by atomic mass is 79.9. The van der Waals surface area contributed by atoms with Crippen molar-refractivity contribution in [1.29, 1.82) is 0 Å². The fourth-order valence-electron chi connectivity index (χ4n) is 1.08. The Hall–Kier alpha value is -0.260. The first kappa shape index (κ1) is 10.3. The first-order valence-corrected chi connectivity index (χ1v) is 6.36. The highest BCUT2D eigenvalue weighted by Gasteiger charge is 2.02. The Morgan fingerprint density at radius 2 is 1.79 bits per heavy atom. The Morgan fingerprint density at radius 3 is 2.36 bits per heavy atom. The minimum Gasteiger partial charge on any atom is -0.142 e. The molecule has 0 aliphatic carbocycles. The predicted molar refractivity (Wildman–Crippen MR) is 64.6 cm³/mol. The maximum absolute atomic E-state index is 4.04. The molecule has 0 aliphatic rings. The zero-order valence-corrected chi connectivity index (χ0v) is 11.1. The van der Waals surface area contributed by atoms with Gasteiger partial charge in [-0.1, -0.05) is 39.4 Å². The molecule has 0 saturated heterocycles. The normalized spacial score (nSPS) is 10.4. The van der Waals surface area contributed by atoms with E-state index in [4.69, 9.17) is 0 Å². The number of nitrogens with zero attached hydrogens (tertiary/aromatic N) is 2. The van der Waals surface area contributed by atoms with E-state index in [9.17, 15) is 0 Å².